The molecular formula is C71H83Cl2N10O28P. The molecular weight excluding hydrogens is 1540 g/mol. The van der Waals surface area contributed by atoms with E-state index in [9.17, 15) is 94.4 Å². The number of ether oxygens (including phenoxy) is 6. The van der Waals surface area contributed by atoms with E-state index in [0.29, 0.717) is 0 Å². The smallest absolute Gasteiger partial charge is 0.330 e. The van der Waals surface area contributed by atoms with Gasteiger partial charge in [0.05, 0.1) is 47.0 Å². The number of aliphatic carboxylic acids is 1. The van der Waals surface area contributed by atoms with Crippen LogP contribution in [0.2, 0.25) is 10.0 Å². The number of nitrogens with two attached hydrogens (primary N) is 1. The number of carboxylic acids is 1. The predicted octanol–water partition coefficient (Wildman–Crippen LogP) is -0.586. The summed E-state index contributed by atoms with van der Waals surface area (Å²) in [6.45, 7) is 5.34. The number of amides is 9. The van der Waals surface area contributed by atoms with Gasteiger partial charge in [-0.2, -0.15) is 0 Å². The van der Waals surface area contributed by atoms with Gasteiger partial charge in [-0.3, -0.25) is 43.2 Å². The zero-order valence-electron chi connectivity index (χ0n) is 60.0. The molecule has 7 aliphatic rings. The Morgan fingerprint density at radius 3 is 1.91 bits per heavy atom. The highest BCUT2D eigenvalue weighted by atomic mass is 35.5. The summed E-state index contributed by atoms with van der Waals surface area (Å²) in [5, 5.41) is 137. The van der Waals surface area contributed by atoms with Crippen LogP contribution in [0.4, 0.5) is 0 Å². The van der Waals surface area contributed by atoms with Gasteiger partial charge >= 0.3 is 5.97 Å². The molecule has 41 heteroatoms. The van der Waals surface area contributed by atoms with Crippen LogP contribution in [-0.4, -0.2) is 219 Å². The number of nitrogens with one attached hydrogen (secondary N) is 9. The van der Waals surface area contributed by atoms with Gasteiger partial charge in [-0.05, 0) is 110 Å². The number of phenols is 3. The fourth-order valence-corrected chi connectivity index (χ4v) is 14.2. The fourth-order valence-electron chi connectivity index (χ4n) is 13.4. The van der Waals surface area contributed by atoms with Crippen LogP contribution in [0.25, 0.3) is 11.1 Å². The van der Waals surface area contributed by atoms with Crippen molar-refractivity contribution < 1.29 is 137 Å². The van der Waals surface area contributed by atoms with Crippen molar-refractivity contribution in [3.8, 4) is 57.1 Å². The minimum absolute atomic E-state index is 0.126. The molecule has 2 saturated heterocycles. The number of carboxylic acid groups (broad SMARTS) is 1. The number of aliphatic hydroxyl groups excluding tert-OH is 6. The highest BCUT2D eigenvalue weighted by Gasteiger charge is 2.53. The largest absolute Gasteiger partial charge is 0.508 e. The van der Waals surface area contributed by atoms with Gasteiger partial charge in [0.2, 0.25) is 65.2 Å². The molecule has 5 aromatic carbocycles. The Labute approximate surface area is 647 Å². The highest BCUT2D eigenvalue weighted by Crippen LogP contribution is 2.50. The van der Waals surface area contributed by atoms with Crippen LogP contribution in [0.3, 0.4) is 0 Å². The number of fused-ring (bicyclic) bond motifs is 15. The summed E-state index contributed by atoms with van der Waals surface area (Å²) in [5.74, 6) is -18.2. The van der Waals surface area contributed by atoms with Crippen molar-refractivity contribution in [1.82, 2.24) is 47.9 Å². The summed E-state index contributed by atoms with van der Waals surface area (Å²) in [4.78, 5) is 162. The van der Waals surface area contributed by atoms with E-state index in [1.54, 1.807) is 13.8 Å². The minimum atomic E-state index is -2.50. The summed E-state index contributed by atoms with van der Waals surface area (Å²) in [6, 6.07) is -1.39. The van der Waals surface area contributed by atoms with Crippen molar-refractivity contribution in [1.29, 1.82) is 0 Å². The van der Waals surface area contributed by atoms with E-state index < -0.39 is 299 Å². The maximum Gasteiger partial charge on any atom is 0.330 e. The Morgan fingerprint density at radius 1 is 0.705 bits per heavy atom. The lowest BCUT2D eigenvalue weighted by Gasteiger charge is -2.48. The van der Waals surface area contributed by atoms with Crippen molar-refractivity contribution in [2.75, 3.05) is 19.9 Å². The van der Waals surface area contributed by atoms with Gasteiger partial charge < -0.3 is 143 Å². The van der Waals surface area contributed by atoms with Crippen LogP contribution >= 0.6 is 31.6 Å². The summed E-state index contributed by atoms with van der Waals surface area (Å²) in [7, 11) is -1.05. The lowest BCUT2D eigenvalue weighted by Crippen LogP contribution is -2.66. The van der Waals surface area contributed by atoms with E-state index >= 15 is 14.4 Å². The van der Waals surface area contributed by atoms with Crippen LogP contribution in [0.15, 0.2) is 78.9 Å². The fraction of sp³-hybridized carbons (Fsp3) is 0.437. The molecule has 9 amide bonds. The molecule has 604 valence electrons. The second-order valence-electron chi connectivity index (χ2n) is 27.8. The zero-order valence-corrected chi connectivity index (χ0v) is 62.4. The number of aliphatic hydroxyl groups is 6. The van der Waals surface area contributed by atoms with E-state index in [1.165, 1.54) is 27.0 Å². The molecule has 12 rings (SSSR count). The van der Waals surface area contributed by atoms with Gasteiger partial charge in [-0.25, -0.2) is 4.79 Å². The number of rotatable bonds is 19. The number of primary amides is 1. The predicted molar refractivity (Wildman–Crippen MR) is 387 cm³/mol. The van der Waals surface area contributed by atoms with Gasteiger partial charge in [0.1, 0.15) is 95.6 Å². The van der Waals surface area contributed by atoms with E-state index in [4.69, 9.17) is 57.4 Å². The third-order valence-electron chi connectivity index (χ3n) is 19.2. The van der Waals surface area contributed by atoms with Crippen molar-refractivity contribution in [3.63, 3.8) is 0 Å². The van der Waals surface area contributed by atoms with Crippen molar-refractivity contribution in [2.45, 2.75) is 169 Å². The number of hydrogen-bond donors (Lipinski definition) is 22. The van der Waals surface area contributed by atoms with E-state index in [0.717, 1.165) is 72.8 Å². The Hall–Kier alpha value is -9.87. The normalized spacial score (nSPS) is 27.6. The Bertz CT molecular complexity index is 4470. The SMILES string of the molecule is CN[C@H](CC(C)C)C(=O)N[C@H]1C(=O)N[C@@H](CC(N)=O)C(=O)N[C@H]2C(=O)N[C@H]3C(=O)N[C@H](C(=O)N[C@H](C(=O)O)c4cc(O)cc(O)c4-c4cc3ccc4O)[C@H](O)c3ccc(c(Cl)c3)Oc3cc2cc(c3O[C@@H]2O[C@H](CO)[C@@H](O)[C@H](O)[C@H]2O[C@H]2C[C@](C)(NC(=O)CCC(=O)NCP(O)O)[C@H](O)[C@H](C)O2)Oc2ccc(cc2Cl)[C@H]1O. The lowest BCUT2D eigenvalue weighted by atomic mass is 9.84. The first kappa shape index (κ1) is 84.6. The summed E-state index contributed by atoms with van der Waals surface area (Å²) in [5.41, 5.74) is 0.963. The summed E-state index contributed by atoms with van der Waals surface area (Å²) >= 11 is 14.2. The van der Waals surface area contributed by atoms with Crippen LogP contribution < -0.4 is 67.8 Å². The number of carbonyl (C=O) groups is 10. The second-order valence-corrected chi connectivity index (χ2v) is 29.7. The Morgan fingerprint density at radius 2 is 1.31 bits per heavy atom. The van der Waals surface area contributed by atoms with Crippen LogP contribution in [0, 0.1) is 5.92 Å². The standard InChI is InChI=1S/C71H83Cl2N10O28P/c1-26(2)14-37(75-5)63(96)81-54-56(91)29-7-10-41(35(72)16-29)107-43-18-31-19-44(60(43)111-70-61(59(94)58(93)45(24-84)109-70)110-49-23-71(4,62(95)27(3)106-49)83-48(90)13-12-47(89)76-25-112(104)105)108-42-11-8-30(17-36(42)73)57(92)55-68(101)80-53(69(102)103)34-20-32(85)21-40(87)50(34)33-15-28(6-9-39(33)86)51(65(98)82-55)79-66(99)52(31)78-64(97)38(22-46(74)88)77-67(54)100/h6-11,15-21,26-27,37-38,45,49,51-59,61-62,70,75,84-87,91-95,104-105H,12-14,22-25H2,1-5H3,(H2,74,88)(H,76,89)(H,77,100)(H,78,97)(H,79,99)(H,80,101)(H,81,96)(H,82,98)(H,83,90)(H,102,103)/t27-,37+,38-,45+,49-,51+,52+,53-,54+,55-,56+,57+,58+,59-,61+,62+,70-,71-/m0/s1. The quantitative estimate of drug-likeness (QED) is 0.0460. The van der Waals surface area contributed by atoms with Crippen LogP contribution in [0.1, 0.15) is 118 Å². The number of aromatic hydroxyl groups is 3. The Balaban J connectivity index is 1.20. The average Bonchev–Trinajstić information content (AvgIpc) is 0.767. The molecule has 2 fully saturated rings. The highest BCUT2D eigenvalue weighted by molar-refractivity contribution is 7.45. The monoisotopic (exact) mass is 1620 g/mol. The molecule has 0 saturated carbocycles. The molecule has 0 aromatic heterocycles. The van der Waals surface area contributed by atoms with Gasteiger partial charge in [0, 0.05) is 42.0 Å². The third-order valence-corrected chi connectivity index (χ3v) is 20.2. The maximum atomic E-state index is 16.1. The van der Waals surface area contributed by atoms with Gasteiger partial charge in [0.15, 0.2) is 38.3 Å². The summed E-state index contributed by atoms with van der Waals surface area (Å²) < 4.78 is 38.7. The minimum Gasteiger partial charge on any atom is -0.508 e. The van der Waals surface area contributed by atoms with Gasteiger partial charge in [-0.1, -0.05) is 55.2 Å². The average molecular weight is 1630 g/mol. The van der Waals surface area contributed by atoms with Gasteiger partial charge in [-0.15, -0.1) is 0 Å². The molecule has 0 unspecified atom stereocenters. The zero-order chi connectivity index (χ0) is 81.8. The first-order valence-corrected chi connectivity index (χ1v) is 37.0. The van der Waals surface area contributed by atoms with E-state index in [1.807, 2.05) is 0 Å². The lowest BCUT2D eigenvalue weighted by molar-refractivity contribution is -0.334. The molecule has 5 aromatic rings. The molecule has 0 radical (unpaired) electrons. The topological polar surface area (TPSA) is 603 Å². The molecule has 0 spiro atoms. The van der Waals surface area contributed by atoms with Crippen molar-refractivity contribution >= 4 is 90.7 Å². The van der Waals surface area contributed by atoms with Crippen molar-refractivity contribution in [2.24, 2.45) is 11.7 Å². The molecule has 11 bridgehead atoms. The third kappa shape index (κ3) is 19.1. The molecule has 18 atom stereocenters. The molecule has 0 aliphatic carbocycles. The van der Waals surface area contributed by atoms with Gasteiger partial charge in [0.25, 0.3) is 0 Å². The van der Waals surface area contributed by atoms with Crippen LogP contribution in [0.5, 0.6) is 46.0 Å². The number of likely N-dealkylation sites (N-methyl/N-ethyl adjacent to an activating group) is 1. The van der Waals surface area contributed by atoms with E-state index in [-0.39, 0.29) is 23.5 Å². The van der Waals surface area contributed by atoms with Crippen LogP contribution in [-0.2, 0) is 62.2 Å². The molecule has 23 N–H and O–H groups in total. The summed E-state index contributed by atoms with van der Waals surface area (Å²) in [6.07, 6.45) is -21.8. The Kier molecular flexibility index (Phi) is 26.8. The molecule has 38 nitrogen and oxygen atoms in total. The van der Waals surface area contributed by atoms with Crippen molar-refractivity contribution in [3.05, 3.63) is 117 Å². The second kappa shape index (κ2) is 35.4. The maximum absolute atomic E-state index is 16.1. The molecule has 7 heterocycles. The van der Waals surface area contributed by atoms with E-state index in [2.05, 4.69) is 47.9 Å². The molecule has 112 heavy (non-hydrogen) atoms. The number of hydrogen-bond acceptors (Lipinski definition) is 28. The molecule has 7 aliphatic heterocycles. The first-order valence-electron chi connectivity index (χ1n) is 34.8. The number of benzene rings is 5. The number of halogens is 2. The first-order chi connectivity index (χ1) is 52.9. The number of carbonyl (C=O) groups excluding carboxylic acids is 9. The number of phenolic OH excluding ortho intramolecular Hbond substituents is 3.